The molecule has 0 bridgehead atoms. The van der Waals surface area contributed by atoms with Crippen LogP contribution in [0.5, 0.6) is 0 Å². The first-order chi connectivity index (χ1) is 9.64. The third-order valence-electron chi connectivity index (χ3n) is 3.26. The van der Waals surface area contributed by atoms with Crippen molar-refractivity contribution in [3.8, 4) is 0 Å². The average Bonchev–Trinajstić information content (AvgIpc) is 2.47. The monoisotopic (exact) mass is 322 g/mol. The van der Waals surface area contributed by atoms with Crippen LogP contribution in [0.3, 0.4) is 0 Å². The summed E-state index contributed by atoms with van der Waals surface area (Å²) in [6.45, 7) is 15.3. The van der Waals surface area contributed by atoms with Gasteiger partial charge in [-0.25, -0.2) is 0 Å². The quantitative estimate of drug-likeness (QED) is 0.453. The lowest BCUT2D eigenvalue weighted by atomic mass is 10.1. The van der Waals surface area contributed by atoms with Gasteiger partial charge in [0.15, 0.2) is 0 Å². The van der Waals surface area contributed by atoms with Crippen molar-refractivity contribution in [2.75, 3.05) is 26.7 Å². The predicted octanol–water partition coefficient (Wildman–Crippen LogP) is 0.823. The van der Waals surface area contributed by atoms with E-state index >= 15 is 0 Å². The third-order valence-corrected chi connectivity index (χ3v) is 3.26. The standard InChI is InChI=1S/C10H23N.C5H13N.C3H6.ClH/c1-2-3-4-5-6-7-8-9-10-11;1-4-6(3)5-2;1-3-2;/h2-11H2,1H3;4-5H2,1-3H3;3H,1H2,2H3;1H. The van der Waals surface area contributed by atoms with Crippen molar-refractivity contribution in [2.24, 2.45) is 5.73 Å². The summed E-state index contributed by atoms with van der Waals surface area (Å²) in [7, 11) is 2.19. The molecule has 0 aromatic rings. The first-order valence-corrected chi connectivity index (χ1v) is 8.72. The number of quaternary nitrogens is 1. The van der Waals surface area contributed by atoms with Crippen LogP contribution in [0.25, 0.3) is 0 Å². The number of halogens is 1. The second kappa shape index (κ2) is 32.1. The molecule has 3 N–H and O–H groups in total. The zero-order valence-corrected chi connectivity index (χ0v) is 16.3. The fourth-order valence-electron chi connectivity index (χ4n) is 1.53. The maximum Gasteiger partial charge on any atom is 0.0740 e. The molecule has 21 heavy (non-hydrogen) atoms. The first kappa shape index (κ1) is 29.0. The lowest BCUT2D eigenvalue weighted by Crippen LogP contribution is -3.08. The van der Waals surface area contributed by atoms with Gasteiger partial charge < -0.3 is 23.0 Å². The van der Waals surface area contributed by atoms with E-state index in [1.807, 2.05) is 6.92 Å². The van der Waals surface area contributed by atoms with E-state index in [-0.39, 0.29) is 12.4 Å². The Morgan fingerprint density at radius 2 is 1.19 bits per heavy atom. The Kier molecular flexibility index (Phi) is 44.3. The third kappa shape index (κ3) is 45.0. The highest BCUT2D eigenvalue weighted by atomic mass is 35.5. The molecule has 0 aliphatic rings. The molecular formula is C18H43ClN2. The summed E-state index contributed by atoms with van der Waals surface area (Å²) in [5, 5.41) is 0. The summed E-state index contributed by atoms with van der Waals surface area (Å²) >= 11 is 0. The van der Waals surface area contributed by atoms with E-state index in [2.05, 4.69) is 34.4 Å². The minimum Gasteiger partial charge on any atom is -1.00 e. The molecule has 0 rings (SSSR count). The zero-order chi connectivity index (χ0) is 16.1. The van der Waals surface area contributed by atoms with Gasteiger partial charge in [0, 0.05) is 0 Å². The van der Waals surface area contributed by atoms with Gasteiger partial charge in [-0.1, -0.05) is 57.9 Å². The number of hydrogen-bond donors (Lipinski definition) is 2. The van der Waals surface area contributed by atoms with Crippen molar-refractivity contribution in [1.82, 2.24) is 0 Å². The molecule has 2 nitrogen and oxygen atoms in total. The topological polar surface area (TPSA) is 30.5 Å². The maximum atomic E-state index is 5.39. The molecule has 0 unspecified atom stereocenters. The summed E-state index contributed by atoms with van der Waals surface area (Å²) < 4.78 is 0. The van der Waals surface area contributed by atoms with Gasteiger partial charge in [0.25, 0.3) is 0 Å². The van der Waals surface area contributed by atoms with E-state index in [1.54, 1.807) is 11.0 Å². The van der Waals surface area contributed by atoms with E-state index in [0.717, 1.165) is 6.54 Å². The largest absolute Gasteiger partial charge is 1.00 e. The molecule has 0 saturated carbocycles. The van der Waals surface area contributed by atoms with Gasteiger partial charge in [0.1, 0.15) is 0 Å². The van der Waals surface area contributed by atoms with Gasteiger partial charge >= 0.3 is 0 Å². The van der Waals surface area contributed by atoms with Gasteiger partial charge in [0.2, 0.25) is 0 Å². The minimum absolute atomic E-state index is 0. The lowest BCUT2D eigenvalue weighted by molar-refractivity contribution is -0.875. The normalized spacial score (nSPS) is 8.90. The average molecular weight is 323 g/mol. The van der Waals surface area contributed by atoms with Gasteiger partial charge in [-0.3, -0.25) is 0 Å². The van der Waals surface area contributed by atoms with Crippen molar-refractivity contribution in [3.05, 3.63) is 12.7 Å². The smallest absolute Gasteiger partial charge is 0.0740 e. The van der Waals surface area contributed by atoms with E-state index in [4.69, 9.17) is 5.73 Å². The fraction of sp³-hybridized carbons (Fsp3) is 0.889. The van der Waals surface area contributed by atoms with Crippen molar-refractivity contribution in [2.45, 2.75) is 79.1 Å². The number of nitrogens with one attached hydrogen (secondary N) is 1. The van der Waals surface area contributed by atoms with E-state index < -0.39 is 0 Å². The molecule has 0 spiro atoms. The highest BCUT2D eigenvalue weighted by Gasteiger charge is 1.89. The van der Waals surface area contributed by atoms with Crippen LogP contribution in [-0.4, -0.2) is 26.7 Å². The molecule has 0 aliphatic carbocycles. The van der Waals surface area contributed by atoms with Gasteiger partial charge in [-0.05, 0) is 33.7 Å². The molecule has 0 fully saturated rings. The molecule has 0 atom stereocenters. The maximum absolute atomic E-state index is 5.39. The van der Waals surface area contributed by atoms with Crippen molar-refractivity contribution in [1.29, 1.82) is 0 Å². The van der Waals surface area contributed by atoms with Gasteiger partial charge in [0.05, 0.1) is 20.1 Å². The zero-order valence-electron chi connectivity index (χ0n) is 15.5. The van der Waals surface area contributed by atoms with Crippen LogP contribution in [-0.2, 0) is 0 Å². The number of hydrogen-bond acceptors (Lipinski definition) is 1. The first-order valence-electron chi connectivity index (χ1n) is 8.72. The molecule has 0 amide bonds. The van der Waals surface area contributed by atoms with Crippen molar-refractivity contribution >= 4 is 0 Å². The second-order valence-electron chi connectivity index (χ2n) is 5.34. The van der Waals surface area contributed by atoms with E-state index in [0.29, 0.717) is 0 Å². The van der Waals surface area contributed by atoms with E-state index in [9.17, 15) is 0 Å². The Labute approximate surface area is 142 Å². The summed E-state index contributed by atoms with van der Waals surface area (Å²) in [4.78, 5) is 1.59. The van der Waals surface area contributed by atoms with Crippen LogP contribution in [0.1, 0.15) is 79.1 Å². The highest BCUT2D eigenvalue weighted by molar-refractivity contribution is 4.51. The van der Waals surface area contributed by atoms with E-state index in [1.165, 1.54) is 64.5 Å². The SMILES string of the molecule is C=CC.CCCCCCCCCCN.CC[NH+](C)CC.[Cl-]. The summed E-state index contributed by atoms with van der Waals surface area (Å²) in [5.74, 6) is 0. The molecule has 0 heterocycles. The lowest BCUT2D eigenvalue weighted by Gasteiger charge is -2.04. The minimum atomic E-state index is 0. The van der Waals surface area contributed by atoms with Crippen LogP contribution in [0.2, 0.25) is 0 Å². The molecular weight excluding hydrogens is 280 g/mol. The van der Waals surface area contributed by atoms with Crippen molar-refractivity contribution in [3.63, 3.8) is 0 Å². The molecule has 0 aromatic heterocycles. The van der Waals surface area contributed by atoms with Gasteiger partial charge in [-0.15, -0.1) is 6.58 Å². The molecule has 0 aliphatic heterocycles. The van der Waals surface area contributed by atoms with Crippen LogP contribution in [0.4, 0.5) is 0 Å². The fourth-order valence-corrected chi connectivity index (χ4v) is 1.53. The van der Waals surface area contributed by atoms with Crippen LogP contribution in [0.15, 0.2) is 12.7 Å². The Balaban J connectivity index is -0.000000123. The second-order valence-corrected chi connectivity index (χ2v) is 5.34. The van der Waals surface area contributed by atoms with Gasteiger partial charge in [-0.2, -0.15) is 0 Å². The summed E-state index contributed by atoms with van der Waals surface area (Å²) in [6.07, 6.45) is 12.7. The van der Waals surface area contributed by atoms with Crippen LogP contribution < -0.4 is 23.0 Å². The Morgan fingerprint density at radius 3 is 1.43 bits per heavy atom. The molecule has 3 heteroatoms. The van der Waals surface area contributed by atoms with Crippen LogP contribution in [0, 0.1) is 0 Å². The highest BCUT2D eigenvalue weighted by Crippen LogP contribution is 2.07. The number of unbranched alkanes of at least 4 members (excludes halogenated alkanes) is 7. The Bertz CT molecular complexity index is 140. The Hall–Kier alpha value is -0.0500. The van der Waals surface area contributed by atoms with Crippen molar-refractivity contribution < 1.29 is 17.3 Å². The molecule has 0 radical (unpaired) electrons. The molecule has 132 valence electrons. The summed E-state index contributed by atoms with van der Waals surface area (Å²) in [6, 6.07) is 0. The summed E-state index contributed by atoms with van der Waals surface area (Å²) in [5.41, 5.74) is 5.39. The number of nitrogens with two attached hydrogens (primary N) is 1. The molecule has 0 saturated heterocycles. The molecule has 0 aromatic carbocycles. The number of rotatable bonds is 10. The van der Waals surface area contributed by atoms with Crippen LogP contribution >= 0.6 is 0 Å². The Morgan fingerprint density at radius 1 is 0.857 bits per heavy atom. The number of allylic oxidation sites excluding steroid dienone is 1. The predicted molar refractivity (Wildman–Crippen MR) is 95.5 cm³/mol.